The highest BCUT2D eigenvalue weighted by Gasteiger charge is 2.17. The van der Waals surface area contributed by atoms with Crippen LogP contribution in [0.2, 0.25) is 0 Å². The van der Waals surface area contributed by atoms with E-state index in [2.05, 4.69) is 20.8 Å². The molecule has 9 heteroatoms. The number of aromatic nitrogens is 4. The fraction of sp³-hybridized carbons (Fsp3) is 0.417. The number of hydrogen-bond donors (Lipinski definition) is 1. The topological polar surface area (TPSA) is 108 Å². The molecule has 0 aliphatic heterocycles. The minimum Gasteiger partial charge on any atom is -0.494 e. The lowest BCUT2D eigenvalue weighted by Gasteiger charge is -2.11. The molecule has 0 spiro atoms. The van der Waals surface area contributed by atoms with Crippen LogP contribution in [0.4, 0.5) is 5.69 Å². The average Bonchev–Trinajstić information content (AvgIpc) is 2.92. The molecule has 1 aromatic carbocycles. The number of nitro groups is 1. The van der Waals surface area contributed by atoms with Gasteiger partial charge in [-0.2, -0.15) is 4.68 Å². The minimum atomic E-state index is -0.473. The zero-order valence-electron chi connectivity index (χ0n) is 12.0. The molecule has 0 bridgehead atoms. The van der Waals surface area contributed by atoms with Crippen molar-refractivity contribution in [3.63, 3.8) is 0 Å². The second kappa shape index (κ2) is 6.27. The Kier molecular flexibility index (Phi) is 4.43. The summed E-state index contributed by atoms with van der Waals surface area (Å²) in [7, 11) is 1.49. The first-order chi connectivity index (χ1) is 10.0. The predicted octanol–water partition coefficient (Wildman–Crippen LogP) is 1.08. The van der Waals surface area contributed by atoms with Crippen molar-refractivity contribution >= 4 is 5.69 Å². The molecule has 0 saturated carbocycles. The van der Waals surface area contributed by atoms with Gasteiger partial charge in [-0.15, -0.1) is 5.10 Å². The number of non-ortho nitro benzene ring substituents is 1. The van der Waals surface area contributed by atoms with Crippen LogP contribution >= 0.6 is 0 Å². The van der Waals surface area contributed by atoms with Crippen molar-refractivity contribution < 1.29 is 9.66 Å². The quantitative estimate of drug-likeness (QED) is 0.626. The lowest BCUT2D eigenvalue weighted by Crippen LogP contribution is -2.24. The number of rotatable bonds is 6. The smallest absolute Gasteiger partial charge is 0.271 e. The Morgan fingerprint density at radius 3 is 2.86 bits per heavy atom. The zero-order chi connectivity index (χ0) is 15.4. The maximum absolute atomic E-state index is 10.9. The number of nitrogens with one attached hydrogen (secondary N) is 1. The summed E-state index contributed by atoms with van der Waals surface area (Å²) in [6.07, 6.45) is 0. The SMILES string of the molecule is COc1ccc([N+](=O)[O-])cc1-n1nnnc1CNC(C)C. The lowest BCUT2D eigenvalue weighted by molar-refractivity contribution is -0.384. The molecule has 21 heavy (non-hydrogen) atoms. The molecule has 0 fully saturated rings. The Hall–Kier alpha value is -2.55. The van der Waals surface area contributed by atoms with Crippen LogP contribution < -0.4 is 10.1 Å². The van der Waals surface area contributed by atoms with Gasteiger partial charge in [-0.25, -0.2) is 0 Å². The largest absolute Gasteiger partial charge is 0.494 e. The maximum Gasteiger partial charge on any atom is 0.271 e. The molecule has 9 nitrogen and oxygen atoms in total. The summed E-state index contributed by atoms with van der Waals surface area (Å²) in [4.78, 5) is 10.4. The first kappa shape index (κ1) is 14.9. The fourth-order valence-electron chi connectivity index (χ4n) is 1.76. The normalized spacial score (nSPS) is 10.9. The number of benzene rings is 1. The molecule has 0 atom stereocenters. The van der Waals surface area contributed by atoms with E-state index in [1.54, 1.807) is 0 Å². The number of nitrogens with zero attached hydrogens (tertiary/aromatic N) is 5. The maximum atomic E-state index is 10.9. The van der Waals surface area contributed by atoms with E-state index in [1.165, 1.54) is 30.0 Å². The minimum absolute atomic E-state index is 0.0518. The highest BCUT2D eigenvalue weighted by molar-refractivity contribution is 5.53. The summed E-state index contributed by atoms with van der Waals surface area (Å²) >= 11 is 0. The molecule has 1 N–H and O–H groups in total. The number of tetrazole rings is 1. The van der Waals surface area contributed by atoms with E-state index in [9.17, 15) is 10.1 Å². The van der Waals surface area contributed by atoms with E-state index in [4.69, 9.17) is 4.74 Å². The van der Waals surface area contributed by atoms with Crippen LogP contribution in [0.5, 0.6) is 5.75 Å². The van der Waals surface area contributed by atoms with Crippen LogP contribution in [0.1, 0.15) is 19.7 Å². The Morgan fingerprint density at radius 2 is 2.24 bits per heavy atom. The second-order valence-corrected chi connectivity index (χ2v) is 4.66. The van der Waals surface area contributed by atoms with Gasteiger partial charge in [-0.3, -0.25) is 10.1 Å². The predicted molar refractivity (Wildman–Crippen MR) is 74.3 cm³/mol. The summed E-state index contributed by atoms with van der Waals surface area (Å²) in [5.41, 5.74) is 0.376. The van der Waals surface area contributed by atoms with Crippen LogP contribution in [0, 0.1) is 10.1 Å². The molecule has 2 rings (SSSR count). The molecule has 0 aliphatic carbocycles. The van der Waals surface area contributed by atoms with Gasteiger partial charge in [0.05, 0.1) is 18.6 Å². The molecule has 1 heterocycles. The Bertz CT molecular complexity index is 640. The van der Waals surface area contributed by atoms with Crippen LogP contribution in [-0.4, -0.2) is 38.3 Å². The molecule has 112 valence electrons. The Morgan fingerprint density at radius 1 is 1.48 bits per heavy atom. The van der Waals surface area contributed by atoms with Gasteiger partial charge in [-0.1, -0.05) is 13.8 Å². The number of hydrogen-bond acceptors (Lipinski definition) is 7. The molecule has 2 aromatic rings. The number of nitro benzene ring substituents is 1. The monoisotopic (exact) mass is 292 g/mol. The fourth-order valence-corrected chi connectivity index (χ4v) is 1.76. The van der Waals surface area contributed by atoms with Crippen molar-refractivity contribution in [3.8, 4) is 11.4 Å². The van der Waals surface area contributed by atoms with Crippen molar-refractivity contribution in [2.45, 2.75) is 26.4 Å². The molecule has 1 aromatic heterocycles. The van der Waals surface area contributed by atoms with Crippen molar-refractivity contribution in [2.75, 3.05) is 7.11 Å². The van der Waals surface area contributed by atoms with Gasteiger partial charge in [0.15, 0.2) is 5.82 Å². The summed E-state index contributed by atoms with van der Waals surface area (Å²) in [6.45, 7) is 4.45. The van der Waals surface area contributed by atoms with Gasteiger partial charge in [0.1, 0.15) is 11.4 Å². The van der Waals surface area contributed by atoms with E-state index in [0.29, 0.717) is 23.8 Å². The molecule has 0 radical (unpaired) electrons. The molecular weight excluding hydrogens is 276 g/mol. The van der Waals surface area contributed by atoms with E-state index in [-0.39, 0.29) is 11.7 Å². The summed E-state index contributed by atoms with van der Waals surface area (Å²) in [6, 6.07) is 4.55. The van der Waals surface area contributed by atoms with Crippen molar-refractivity contribution in [3.05, 3.63) is 34.1 Å². The van der Waals surface area contributed by atoms with Crippen LogP contribution in [-0.2, 0) is 6.54 Å². The number of methoxy groups -OCH3 is 1. The van der Waals surface area contributed by atoms with E-state index < -0.39 is 4.92 Å². The highest BCUT2D eigenvalue weighted by atomic mass is 16.6. The first-order valence-corrected chi connectivity index (χ1v) is 6.36. The lowest BCUT2D eigenvalue weighted by atomic mass is 10.2. The Labute approximate surface area is 121 Å². The van der Waals surface area contributed by atoms with E-state index >= 15 is 0 Å². The standard InChI is InChI=1S/C12H16N6O3/c1-8(2)13-7-12-14-15-16-17(12)10-6-9(18(19)20)4-5-11(10)21-3/h4-6,8,13H,7H2,1-3H3. The van der Waals surface area contributed by atoms with E-state index in [1.807, 2.05) is 13.8 Å². The molecular formula is C12H16N6O3. The second-order valence-electron chi connectivity index (χ2n) is 4.66. The van der Waals surface area contributed by atoms with Crippen molar-refractivity contribution in [2.24, 2.45) is 0 Å². The third-order valence-corrected chi connectivity index (χ3v) is 2.80. The van der Waals surface area contributed by atoms with Gasteiger partial charge in [-0.05, 0) is 16.5 Å². The van der Waals surface area contributed by atoms with Crippen LogP contribution in [0.15, 0.2) is 18.2 Å². The van der Waals surface area contributed by atoms with Gasteiger partial charge in [0.25, 0.3) is 5.69 Å². The van der Waals surface area contributed by atoms with Crippen molar-refractivity contribution in [1.82, 2.24) is 25.5 Å². The molecule has 0 unspecified atom stereocenters. The van der Waals surface area contributed by atoms with Crippen molar-refractivity contribution in [1.29, 1.82) is 0 Å². The van der Waals surface area contributed by atoms with Crippen LogP contribution in [0.3, 0.4) is 0 Å². The van der Waals surface area contributed by atoms with Gasteiger partial charge in [0, 0.05) is 18.2 Å². The summed E-state index contributed by atoms with van der Waals surface area (Å²) in [5.74, 6) is 1.00. The van der Waals surface area contributed by atoms with Gasteiger partial charge in [0.2, 0.25) is 0 Å². The van der Waals surface area contributed by atoms with E-state index in [0.717, 1.165) is 0 Å². The number of ether oxygens (including phenoxy) is 1. The average molecular weight is 292 g/mol. The van der Waals surface area contributed by atoms with Gasteiger partial charge >= 0.3 is 0 Å². The third-order valence-electron chi connectivity index (χ3n) is 2.80. The Balaban J connectivity index is 2.43. The molecule has 0 saturated heterocycles. The molecule has 0 aliphatic rings. The third kappa shape index (κ3) is 3.31. The summed E-state index contributed by atoms with van der Waals surface area (Å²) < 4.78 is 6.66. The summed E-state index contributed by atoms with van der Waals surface area (Å²) in [5, 5.41) is 25.5. The highest BCUT2D eigenvalue weighted by Crippen LogP contribution is 2.27. The van der Waals surface area contributed by atoms with Crippen LogP contribution in [0.25, 0.3) is 5.69 Å². The first-order valence-electron chi connectivity index (χ1n) is 6.36. The zero-order valence-corrected chi connectivity index (χ0v) is 12.0. The molecule has 0 amide bonds. The van der Waals surface area contributed by atoms with Gasteiger partial charge < -0.3 is 10.1 Å².